The lowest BCUT2D eigenvalue weighted by molar-refractivity contribution is -0.385. The van der Waals surface area contributed by atoms with Crippen molar-refractivity contribution in [1.82, 2.24) is 9.97 Å². The molecule has 7 heteroatoms. The third-order valence-electron chi connectivity index (χ3n) is 6.18. The summed E-state index contributed by atoms with van der Waals surface area (Å²) in [5.41, 5.74) is 1.38. The zero-order chi connectivity index (χ0) is 20.8. The molecule has 2 bridgehead atoms. The van der Waals surface area contributed by atoms with Crippen molar-refractivity contribution in [1.29, 1.82) is 0 Å². The normalized spacial score (nSPS) is 25.1. The molecule has 0 radical (unpaired) electrons. The number of aromatic nitrogens is 2. The number of ether oxygens (including phenoxy) is 1. The Hall–Kier alpha value is -2.70. The summed E-state index contributed by atoms with van der Waals surface area (Å²) >= 11 is 0. The van der Waals surface area contributed by atoms with Gasteiger partial charge >= 0.3 is 11.6 Å². The molecule has 1 aliphatic heterocycles. The van der Waals surface area contributed by atoms with Crippen molar-refractivity contribution in [2.24, 2.45) is 10.8 Å². The molecule has 1 saturated carbocycles. The van der Waals surface area contributed by atoms with E-state index in [4.69, 9.17) is 4.74 Å². The maximum atomic E-state index is 12.0. The molecule has 29 heavy (non-hydrogen) atoms. The van der Waals surface area contributed by atoms with E-state index in [0.29, 0.717) is 11.6 Å². The van der Waals surface area contributed by atoms with Crippen molar-refractivity contribution in [2.45, 2.75) is 59.4 Å². The number of hydrogen-bond donors (Lipinski definition) is 0. The fraction of sp³-hybridized carbons (Fsp3) is 0.545. The lowest BCUT2D eigenvalue weighted by Gasteiger charge is -2.39. The largest absolute Gasteiger partial charge is 0.434 e. The van der Waals surface area contributed by atoms with Gasteiger partial charge in [-0.1, -0.05) is 39.8 Å². The fourth-order valence-corrected chi connectivity index (χ4v) is 5.41. The van der Waals surface area contributed by atoms with E-state index in [1.54, 1.807) is 0 Å². The Morgan fingerprint density at radius 1 is 1.21 bits per heavy atom. The lowest BCUT2D eigenvalue weighted by atomic mass is 9.65. The summed E-state index contributed by atoms with van der Waals surface area (Å²) in [7, 11) is 0. The molecule has 2 unspecified atom stereocenters. The molecule has 4 rings (SSSR count). The van der Waals surface area contributed by atoms with Gasteiger partial charge in [-0.2, -0.15) is 4.98 Å². The molecule has 0 N–H and O–H groups in total. The molecule has 7 nitrogen and oxygen atoms in total. The van der Waals surface area contributed by atoms with E-state index in [2.05, 4.69) is 42.6 Å². The first-order valence-electron chi connectivity index (χ1n) is 10.2. The summed E-state index contributed by atoms with van der Waals surface area (Å²) in [4.78, 5) is 22.1. The molecule has 1 aromatic carbocycles. The molecule has 0 spiro atoms. The molecule has 2 aromatic rings. The van der Waals surface area contributed by atoms with Crippen LogP contribution in [0.15, 0.2) is 30.6 Å². The zero-order valence-electron chi connectivity index (χ0n) is 17.5. The van der Waals surface area contributed by atoms with E-state index in [1.165, 1.54) is 11.9 Å². The highest BCUT2D eigenvalue weighted by atomic mass is 16.6. The maximum absolute atomic E-state index is 12.0. The molecule has 154 valence electrons. The summed E-state index contributed by atoms with van der Waals surface area (Å²) < 4.78 is 5.83. The summed E-state index contributed by atoms with van der Waals surface area (Å²) in [6.07, 6.45) is 5.43. The summed E-state index contributed by atoms with van der Waals surface area (Å²) in [6, 6.07) is 7.79. The van der Waals surface area contributed by atoms with Crippen LogP contribution < -0.4 is 9.64 Å². The maximum Gasteiger partial charge on any atom is 0.373 e. The predicted octanol–water partition coefficient (Wildman–Crippen LogP) is 5.14. The van der Waals surface area contributed by atoms with Crippen LogP contribution in [-0.2, 0) is 6.42 Å². The second-order valence-corrected chi connectivity index (χ2v) is 9.55. The van der Waals surface area contributed by atoms with Gasteiger partial charge in [0.05, 0.1) is 4.92 Å². The Bertz CT molecular complexity index is 928. The van der Waals surface area contributed by atoms with Crippen LogP contribution in [0.1, 0.15) is 52.5 Å². The van der Waals surface area contributed by atoms with Gasteiger partial charge in [0, 0.05) is 12.6 Å². The Morgan fingerprint density at radius 2 is 1.93 bits per heavy atom. The average molecular weight is 396 g/mol. The van der Waals surface area contributed by atoms with Crippen molar-refractivity contribution in [3.8, 4) is 11.6 Å². The summed E-state index contributed by atoms with van der Waals surface area (Å²) in [6.45, 7) is 9.68. The van der Waals surface area contributed by atoms with Gasteiger partial charge in [0.15, 0.2) is 0 Å². The SMILES string of the molecule is CCc1ccc(Oc2ncnc(N3CC4(C)CC3CC(C)(C)C4)c2[N+](=O)[O-])cc1. The van der Waals surface area contributed by atoms with Crippen molar-refractivity contribution in [3.63, 3.8) is 0 Å². The second kappa shape index (κ2) is 6.97. The number of nitro groups is 1. The minimum atomic E-state index is -0.416. The number of nitrogens with zero attached hydrogens (tertiary/aromatic N) is 4. The molecule has 1 aromatic heterocycles. The minimum absolute atomic E-state index is 0.00453. The van der Waals surface area contributed by atoms with Crippen LogP contribution in [0.5, 0.6) is 11.6 Å². The van der Waals surface area contributed by atoms with Gasteiger partial charge in [-0.3, -0.25) is 10.1 Å². The molecule has 1 aliphatic carbocycles. The topological polar surface area (TPSA) is 81.4 Å². The van der Waals surface area contributed by atoms with Crippen molar-refractivity contribution >= 4 is 11.5 Å². The molecular formula is C22H28N4O3. The number of fused-ring (bicyclic) bond motifs is 2. The highest BCUT2D eigenvalue weighted by Crippen LogP contribution is 2.54. The standard InChI is InChI=1S/C22H28N4O3/c1-5-15-6-8-17(9-7-15)29-20-18(26(27)28)19(23-14-24-20)25-13-22(4)11-16(25)10-21(2,3)12-22/h6-9,14,16H,5,10-13H2,1-4H3. The van der Waals surface area contributed by atoms with Gasteiger partial charge in [0.2, 0.25) is 5.82 Å². The Morgan fingerprint density at radius 3 is 2.59 bits per heavy atom. The highest BCUT2D eigenvalue weighted by molar-refractivity contribution is 5.64. The van der Waals surface area contributed by atoms with Gasteiger partial charge in [0.1, 0.15) is 12.1 Å². The molecule has 2 atom stereocenters. The van der Waals surface area contributed by atoms with Gasteiger partial charge in [-0.05, 0) is 54.2 Å². The van der Waals surface area contributed by atoms with Crippen LogP contribution >= 0.6 is 0 Å². The van der Waals surface area contributed by atoms with Crippen LogP contribution in [0.3, 0.4) is 0 Å². The van der Waals surface area contributed by atoms with E-state index < -0.39 is 4.92 Å². The first-order valence-corrected chi connectivity index (χ1v) is 10.2. The molecular weight excluding hydrogens is 368 g/mol. The number of benzene rings is 1. The number of hydrogen-bond acceptors (Lipinski definition) is 6. The highest BCUT2D eigenvalue weighted by Gasteiger charge is 2.51. The van der Waals surface area contributed by atoms with Crippen LogP contribution in [0.4, 0.5) is 11.5 Å². The average Bonchev–Trinajstić information content (AvgIpc) is 2.90. The third kappa shape index (κ3) is 3.78. The van der Waals surface area contributed by atoms with Gasteiger partial charge in [-0.25, -0.2) is 4.98 Å². The van der Waals surface area contributed by atoms with E-state index >= 15 is 0 Å². The third-order valence-corrected chi connectivity index (χ3v) is 6.18. The van der Waals surface area contributed by atoms with Gasteiger partial charge < -0.3 is 9.64 Å². The summed E-state index contributed by atoms with van der Waals surface area (Å²) in [5.74, 6) is 0.898. The Kier molecular flexibility index (Phi) is 4.71. The van der Waals surface area contributed by atoms with E-state index in [1.807, 2.05) is 24.3 Å². The van der Waals surface area contributed by atoms with E-state index in [9.17, 15) is 10.1 Å². The lowest BCUT2D eigenvalue weighted by Crippen LogP contribution is -2.35. The molecule has 2 aliphatic rings. The van der Waals surface area contributed by atoms with Crippen molar-refractivity contribution in [2.75, 3.05) is 11.4 Å². The predicted molar refractivity (Wildman–Crippen MR) is 111 cm³/mol. The first kappa shape index (κ1) is 19.6. The molecule has 2 fully saturated rings. The van der Waals surface area contributed by atoms with Crippen LogP contribution in [0.25, 0.3) is 0 Å². The first-order chi connectivity index (χ1) is 13.7. The number of anilines is 1. The quantitative estimate of drug-likeness (QED) is 0.514. The summed E-state index contributed by atoms with van der Waals surface area (Å²) in [5, 5.41) is 12.0. The van der Waals surface area contributed by atoms with Crippen molar-refractivity contribution < 1.29 is 9.66 Å². The Balaban J connectivity index is 1.70. The smallest absolute Gasteiger partial charge is 0.373 e. The van der Waals surface area contributed by atoms with Gasteiger partial charge in [-0.15, -0.1) is 0 Å². The number of rotatable bonds is 5. The molecule has 1 saturated heterocycles. The zero-order valence-corrected chi connectivity index (χ0v) is 17.5. The van der Waals surface area contributed by atoms with Crippen molar-refractivity contribution in [3.05, 3.63) is 46.3 Å². The van der Waals surface area contributed by atoms with E-state index in [0.717, 1.165) is 32.2 Å². The van der Waals surface area contributed by atoms with E-state index in [-0.39, 0.29) is 28.4 Å². The fourth-order valence-electron chi connectivity index (χ4n) is 5.41. The monoisotopic (exact) mass is 396 g/mol. The Labute approximate surface area is 171 Å². The van der Waals surface area contributed by atoms with Crippen LogP contribution in [0.2, 0.25) is 0 Å². The second-order valence-electron chi connectivity index (χ2n) is 9.55. The van der Waals surface area contributed by atoms with Crippen LogP contribution in [-0.4, -0.2) is 27.5 Å². The van der Waals surface area contributed by atoms with Gasteiger partial charge in [0.25, 0.3) is 0 Å². The number of aryl methyl sites for hydroxylation is 1. The minimum Gasteiger partial charge on any atom is -0.434 e. The van der Waals surface area contributed by atoms with Crippen LogP contribution in [0, 0.1) is 20.9 Å². The molecule has 0 amide bonds. The molecule has 2 heterocycles.